The lowest BCUT2D eigenvalue weighted by Gasteiger charge is -2.33. The summed E-state index contributed by atoms with van der Waals surface area (Å²) in [6.45, 7) is 4.29. The summed E-state index contributed by atoms with van der Waals surface area (Å²) in [5.41, 5.74) is -0.350. The molecular formula is C23H26N4O4. The maximum absolute atomic E-state index is 12.8. The number of hydrogen-bond acceptors (Lipinski definition) is 6. The summed E-state index contributed by atoms with van der Waals surface area (Å²) in [7, 11) is 0. The number of imidazole rings is 1. The zero-order valence-corrected chi connectivity index (χ0v) is 17.6. The van der Waals surface area contributed by atoms with Gasteiger partial charge < -0.3 is 24.9 Å². The Morgan fingerprint density at radius 2 is 2.03 bits per heavy atom. The van der Waals surface area contributed by atoms with Crippen molar-refractivity contribution in [3.05, 3.63) is 66.1 Å². The summed E-state index contributed by atoms with van der Waals surface area (Å²) < 4.78 is 7.94. The highest BCUT2D eigenvalue weighted by Gasteiger charge is 2.49. The van der Waals surface area contributed by atoms with Crippen LogP contribution in [0.15, 0.2) is 55.0 Å². The number of rotatable bonds is 7. The monoisotopic (exact) mass is 422 g/mol. The molecule has 0 bridgehead atoms. The minimum absolute atomic E-state index is 0.209. The number of ether oxygens (including phenoxy) is 1. The van der Waals surface area contributed by atoms with Crippen LogP contribution in [0.5, 0.6) is 5.75 Å². The maximum Gasteiger partial charge on any atom is 0.251 e. The topological polar surface area (TPSA) is 105 Å². The fraction of sp³-hybridized carbons (Fsp3) is 0.348. The van der Waals surface area contributed by atoms with Crippen LogP contribution in [0, 0.1) is 0 Å². The Morgan fingerprint density at radius 3 is 2.71 bits per heavy atom. The summed E-state index contributed by atoms with van der Waals surface area (Å²) in [6.07, 6.45) is 5.96. The molecule has 0 radical (unpaired) electrons. The average molecular weight is 422 g/mol. The van der Waals surface area contributed by atoms with Gasteiger partial charge >= 0.3 is 0 Å². The molecule has 1 aliphatic heterocycles. The first-order valence-corrected chi connectivity index (χ1v) is 10.2. The highest BCUT2D eigenvalue weighted by atomic mass is 16.5. The van der Waals surface area contributed by atoms with Gasteiger partial charge in [0, 0.05) is 43.7 Å². The second-order valence-electron chi connectivity index (χ2n) is 8.35. The SMILES string of the molecule is CC(C)(O)C(=O)[C@]1(Oc2ccc(C(=O)NCc3ccn4ccnc4c3)cc2)CCNC1. The number of carbonyl (C=O) groups is 2. The minimum Gasteiger partial charge on any atom is -0.478 e. The molecule has 0 spiro atoms. The molecule has 1 aromatic carbocycles. The van der Waals surface area contributed by atoms with Crippen molar-refractivity contribution in [2.75, 3.05) is 13.1 Å². The van der Waals surface area contributed by atoms with Crippen LogP contribution >= 0.6 is 0 Å². The first-order valence-electron chi connectivity index (χ1n) is 10.2. The molecule has 4 rings (SSSR count). The third-order valence-electron chi connectivity index (χ3n) is 5.43. The predicted octanol–water partition coefficient (Wildman–Crippen LogP) is 1.72. The summed E-state index contributed by atoms with van der Waals surface area (Å²) in [5.74, 6) is -0.0940. The van der Waals surface area contributed by atoms with E-state index >= 15 is 0 Å². The van der Waals surface area contributed by atoms with Crippen LogP contribution in [-0.2, 0) is 11.3 Å². The highest BCUT2D eigenvalue weighted by Crippen LogP contribution is 2.29. The van der Waals surface area contributed by atoms with Crippen molar-refractivity contribution in [3.63, 3.8) is 0 Å². The summed E-state index contributed by atoms with van der Waals surface area (Å²) in [6, 6.07) is 10.5. The van der Waals surface area contributed by atoms with Crippen LogP contribution in [0.3, 0.4) is 0 Å². The highest BCUT2D eigenvalue weighted by molar-refractivity contribution is 5.95. The molecule has 3 aromatic rings. The number of aromatic nitrogens is 2. The number of nitrogens with zero attached hydrogens (tertiary/aromatic N) is 2. The fourth-order valence-corrected chi connectivity index (χ4v) is 3.80. The smallest absolute Gasteiger partial charge is 0.251 e. The molecule has 162 valence electrons. The molecular weight excluding hydrogens is 396 g/mol. The van der Waals surface area contributed by atoms with E-state index in [9.17, 15) is 14.7 Å². The number of aliphatic hydroxyl groups is 1. The number of carbonyl (C=O) groups excluding carboxylic acids is 2. The van der Waals surface area contributed by atoms with Crippen LogP contribution in [-0.4, -0.2) is 50.5 Å². The van der Waals surface area contributed by atoms with E-state index in [4.69, 9.17) is 4.74 Å². The van der Waals surface area contributed by atoms with Gasteiger partial charge in [-0.2, -0.15) is 0 Å². The summed E-state index contributed by atoms with van der Waals surface area (Å²) >= 11 is 0. The van der Waals surface area contributed by atoms with Gasteiger partial charge in [-0.1, -0.05) is 0 Å². The summed E-state index contributed by atoms with van der Waals surface area (Å²) in [5, 5.41) is 16.2. The molecule has 0 aliphatic carbocycles. The van der Waals surface area contributed by atoms with E-state index in [-0.39, 0.29) is 11.7 Å². The number of ketones is 1. The average Bonchev–Trinajstić information content (AvgIpc) is 3.41. The van der Waals surface area contributed by atoms with Crippen molar-refractivity contribution in [1.29, 1.82) is 0 Å². The summed E-state index contributed by atoms with van der Waals surface area (Å²) in [4.78, 5) is 29.5. The van der Waals surface area contributed by atoms with E-state index in [0.29, 0.717) is 37.4 Å². The molecule has 1 aliphatic rings. The van der Waals surface area contributed by atoms with Crippen LogP contribution in [0.25, 0.3) is 5.65 Å². The van der Waals surface area contributed by atoms with Gasteiger partial charge in [-0.3, -0.25) is 9.59 Å². The molecule has 1 amide bonds. The van der Waals surface area contributed by atoms with Gasteiger partial charge in [0.15, 0.2) is 5.60 Å². The van der Waals surface area contributed by atoms with E-state index in [2.05, 4.69) is 15.6 Å². The van der Waals surface area contributed by atoms with Gasteiger partial charge in [-0.25, -0.2) is 4.98 Å². The Kier molecular flexibility index (Phi) is 5.51. The first-order chi connectivity index (χ1) is 14.8. The lowest BCUT2D eigenvalue weighted by molar-refractivity contribution is -0.149. The number of nitrogens with one attached hydrogen (secondary N) is 2. The molecule has 0 saturated carbocycles. The van der Waals surface area contributed by atoms with Crippen molar-refractivity contribution >= 4 is 17.3 Å². The number of pyridine rings is 1. The molecule has 2 aromatic heterocycles. The number of amides is 1. The number of Topliss-reactive ketones (excluding diaryl/α,β-unsaturated/α-hetero) is 1. The number of benzene rings is 1. The quantitative estimate of drug-likeness (QED) is 0.536. The first kappa shape index (κ1) is 21.0. The molecule has 1 saturated heterocycles. The molecule has 31 heavy (non-hydrogen) atoms. The lowest BCUT2D eigenvalue weighted by atomic mass is 9.86. The second kappa shape index (κ2) is 8.13. The molecule has 1 fully saturated rings. The zero-order chi connectivity index (χ0) is 22.1. The van der Waals surface area contributed by atoms with Crippen LogP contribution in [0.4, 0.5) is 0 Å². The van der Waals surface area contributed by atoms with Crippen molar-refractivity contribution in [3.8, 4) is 5.75 Å². The van der Waals surface area contributed by atoms with E-state index in [1.165, 1.54) is 13.8 Å². The van der Waals surface area contributed by atoms with E-state index in [0.717, 1.165) is 11.2 Å². The third kappa shape index (κ3) is 4.45. The van der Waals surface area contributed by atoms with Gasteiger partial charge in [0.1, 0.15) is 17.0 Å². The Labute approximate surface area is 180 Å². The molecule has 3 heterocycles. The van der Waals surface area contributed by atoms with Crippen LogP contribution < -0.4 is 15.4 Å². The van der Waals surface area contributed by atoms with Gasteiger partial charge in [0.2, 0.25) is 5.78 Å². The van der Waals surface area contributed by atoms with Crippen molar-refractivity contribution in [2.24, 2.45) is 0 Å². The molecule has 1 atom stereocenters. The Hall–Kier alpha value is -3.23. The van der Waals surface area contributed by atoms with Crippen LogP contribution in [0.2, 0.25) is 0 Å². The number of hydrogen-bond donors (Lipinski definition) is 3. The minimum atomic E-state index is -1.49. The van der Waals surface area contributed by atoms with Crippen molar-refractivity contribution in [2.45, 2.75) is 38.0 Å². The van der Waals surface area contributed by atoms with Gasteiger partial charge in [0.25, 0.3) is 5.91 Å². The zero-order valence-electron chi connectivity index (χ0n) is 17.6. The third-order valence-corrected chi connectivity index (χ3v) is 5.43. The fourth-order valence-electron chi connectivity index (χ4n) is 3.80. The molecule has 8 heteroatoms. The van der Waals surface area contributed by atoms with E-state index < -0.39 is 11.2 Å². The molecule has 0 unspecified atom stereocenters. The second-order valence-corrected chi connectivity index (χ2v) is 8.35. The van der Waals surface area contributed by atoms with Gasteiger partial charge in [0.05, 0.1) is 0 Å². The largest absolute Gasteiger partial charge is 0.478 e. The lowest BCUT2D eigenvalue weighted by Crippen LogP contribution is -2.55. The van der Waals surface area contributed by atoms with Crippen molar-refractivity contribution < 1.29 is 19.4 Å². The van der Waals surface area contributed by atoms with Gasteiger partial charge in [-0.15, -0.1) is 0 Å². The Balaban J connectivity index is 1.41. The number of fused-ring (bicyclic) bond motifs is 1. The predicted molar refractivity (Wildman–Crippen MR) is 115 cm³/mol. The Morgan fingerprint density at radius 1 is 1.26 bits per heavy atom. The molecule has 8 nitrogen and oxygen atoms in total. The van der Waals surface area contributed by atoms with Gasteiger partial charge in [-0.05, 0) is 62.4 Å². The molecule has 3 N–H and O–H groups in total. The van der Waals surface area contributed by atoms with E-state index in [1.54, 1.807) is 30.5 Å². The standard InChI is InChI=1S/C23H26N4O4/c1-22(2,30)21(29)23(8-9-24-15-23)31-18-5-3-17(4-6-18)20(28)26-14-16-7-11-27-12-10-25-19(27)13-16/h3-7,10-13,24,30H,8-9,14-15H2,1-2H3,(H,26,28)/t23-/m0/s1. The van der Waals surface area contributed by atoms with Crippen LogP contribution in [0.1, 0.15) is 36.2 Å². The van der Waals surface area contributed by atoms with Crippen molar-refractivity contribution in [1.82, 2.24) is 20.0 Å². The maximum atomic E-state index is 12.8. The Bertz CT molecular complexity index is 1090. The normalized spacial score (nSPS) is 18.8. The van der Waals surface area contributed by atoms with E-state index in [1.807, 2.05) is 28.9 Å².